The molecule has 2 rings (SSSR count). The van der Waals surface area contributed by atoms with Crippen molar-refractivity contribution in [3.05, 3.63) is 65.2 Å². The number of aryl methyl sites for hydroxylation is 1. The zero-order valence-corrected chi connectivity index (χ0v) is 19.2. The van der Waals surface area contributed by atoms with Gasteiger partial charge in [0.15, 0.2) is 0 Å². The maximum atomic E-state index is 13.0. The highest BCUT2D eigenvalue weighted by atomic mass is 19.4. The average molecular weight is 449 g/mol. The van der Waals surface area contributed by atoms with Gasteiger partial charge in [0, 0.05) is 18.8 Å². The standard InChI is InChI=1S/C26H35F3N2O/c1-3-5-7-8-9-18-31(20-22-16-14-21(15-17-22)11-6-4-2)25(32)30-24-13-10-12-23(19-24)26(27,28)29/h10,12-17,19H,3-9,11,18,20H2,1-2H3,(H,30,32). The molecule has 0 atom stereocenters. The SMILES string of the molecule is CCCCCCCN(Cc1ccc(CCCC)cc1)C(=O)Nc1cccc(C(F)(F)F)c1. The Hall–Kier alpha value is -2.50. The fourth-order valence-electron chi connectivity index (χ4n) is 3.55. The first-order chi connectivity index (χ1) is 15.3. The first-order valence-corrected chi connectivity index (χ1v) is 11.6. The molecule has 2 aromatic rings. The number of nitrogens with zero attached hydrogens (tertiary/aromatic N) is 1. The van der Waals surface area contributed by atoms with E-state index in [0.717, 1.165) is 69.1 Å². The number of carbonyl (C=O) groups excluding carboxylic acids is 1. The molecule has 32 heavy (non-hydrogen) atoms. The summed E-state index contributed by atoms with van der Waals surface area (Å²) in [5.41, 5.74) is 1.66. The predicted molar refractivity (Wildman–Crippen MR) is 125 cm³/mol. The van der Waals surface area contributed by atoms with E-state index in [1.54, 1.807) is 4.90 Å². The van der Waals surface area contributed by atoms with Gasteiger partial charge in [-0.1, -0.05) is 76.3 Å². The van der Waals surface area contributed by atoms with Gasteiger partial charge in [-0.05, 0) is 48.6 Å². The van der Waals surface area contributed by atoms with Gasteiger partial charge in [0.25, 0.3) is 0 Å². The molecule has 0 aliphatic carbocycles. The molecule has 0 spiro atoms. The largest absolute Gasteiger partial charge is 0.416 e. The van der Waals surface area contributed by atoms with Crippen molar-refractivity contribution >= 4 is 11.7 Å². The Labute approximate surface area is 190 Å². The minimum absolute atomic E-state index is 0.149. The molecule has 0 aliphatic rings. The summed E-state index contributed by atoms with van der Waals surface area (Å²) in [5, 5.41) is 2.65. The maximum absolute atomic E-state index is 13.0. The zero-order valence-electron chi connectivity index (χ0n) is 19.2. The molecule has 0 aliphatic heterocycles. The predicted octanol–water partition coefficient (Wildman–Crippen LogP) is 8.05. The average Bonchev–Trinajstić information content (AvgIpc) is 2.77. The van der Waals surface area contributed by atoms with Crippen LogP contribution in [0.25, 0.3) is 0 Å². The zero-order chi connectivity index (χ0) is 23.4. The lowest BCUT2D eigenvalue weighted by Crippen LogP contribution is -2.35. The number of unbranched alkanes of at least 4 members (excludes halogenated alkanes) is 5. The van der Waals surface area contributed by atoms with Gasteiger partial charge in [-0.2, -0.15) is 13.2 Å². The lowest BCUT2D eigenvalue weighted by molar-refractivity contribution is -0.137. The Bertz CT molecular complexity index is 819. The number of urea groups is 1. The van der Waals surface area contributed by atoms with Gasteiger partial charge >= 0.3 is 12.2 Å². The summed E-state index contributed by atoms with van der Waals surface area (Å²) >= 11 is 0. The Morgan fingerprint density at radius 3 is 2.19 bits per heavy atom. The minimum atomic E-state index is -4.45. The quantitative estimate of drug-likeness (QED) is 0.327. The molecule has 0 saturated carbocycles. The number of anilines is 1. The Balaban J connectivity index is 2.07. The van der Waals surface area contributed by atoms with Crippen LogP contribution in [-0.4, -0.2) is 17.5 Å². The number of amides is 2. The van der Waals surface area contributed by atoms with Gasteiger partial charge in [-0.15, -0.1) is 0 Å². The highest BCUT2D eigenvalue weighted by Gasteiger charge is 2.30. The van der Waals surface area contributed by atoms with E-state index >= 15 is 0 Å². The molecule has 1 N–H and O–H groups in total. The molecule has 0 heterocycles. The normalized spacial score (nSPS) is 11.4. The molecule has 0 saturated heterocycles. The summed E-state index contributed by atoms with van der Waals surface area (Å²) in [6, 6.07) is 12.6. The monoisotopic (exact) mass is 448 g/mol. The fourth-order valence-corrected chi connectivity index (χ4v) is 3.55. The number of hydrogen-bond donors (Lipinski definition) is 1. The van der Waals surface area contributed by atoms with Crippen LogP contribution in [-0.2, 0) is 19.1 Å². The highest BCUT2D eigenvalue weighted by Crippen LogP contribution is 2.30. The van der Waals surface area contributed by atoms with E-state index in [9.17, 15) is 18.0 Å². The molecule has 176 valence electrons. The number of alkyl halides is 3. The molecular formula is C26H35F3N2O. The van der Waals surface area contributed by atoms with E-state index in [2.05, 4.69) is 31.3 Å². The van der Waals surface area contributed by atoms with Crippen molar-refractivity contribution in [2.45, 2.75) is 77.9 Å². The Morgan fingerprint density at radius 2 is 1.53 bits per heavy atom. The van der Waals surface area contributed by atoms with Gasteiger partial charge in [-0.3, -0.25) is 0 Å². The summed E-state index contributed by atoms with van der Waals surface area (Å²) in [4.78, 5) is 14.6. The smallest absolute Gasteiger partial charge is 0.320 e. The fraction of sp³-hybridized carbons (Fsp3) is 0.500. The summed E-state index contributed by atoms with van der Waals surface area (Å²) in [7, 11) is 0. The second-order valence-electron chi connectivity index (χ2n) is 8.26. The lowest BCUT2D eigenvalue weighted by atomic mass is 10.1. The maximum Gasteiger partial charge on any atom is 0.416 e. The Morgan fingerprint density at radius 1 is 0.875 bits per heavy atom. The van der Waals surface area contributed by atoms with E-state index in [1.165, 1.54) is 17.7 Å². The molecule has 3 nitrogen and oxygen atoms in total. The van der Waals surface area contributed by atoms with Crippen molar-refractivity contribution < 1.29 is 18.0 Å². The minimum Gasteiger partial charge on any atom is -0.320 e. The van der Waals surface area contributed by atoms with Crippen molar-refractivity contribution in [3.63, 3.8) is 0 Å². The van der Waals surface area contributed by atoms with Crippen molar-refractivity contribution in [3.8, 4) is 0 Å². The van der Waals surface area contributed by atoms with Gasteiger partial charge < -0.3 is 10.2 Å². The number of carbonyl (C=O) groups is 1. The third kappa shape index (κ3) is 8.93. The van der Waals surface area contributed by atoms with Crippen LogP contribution < -0.4 is 5.32 Å². The molecule has 0 aromatic heterocycles. The first kappa shape index (κ1) is 25.8. The van der Waals surface area contributed by atoms with Gasteiger partial charge in [0.1, 0.15) is 0 Å². The third-order valence-electron chi connectivity index (χ3n) is 5.48. The van der Waals surface area contributed by atoms with Crippen LogP contribution in [0.3, 0.4) is 0 Å². The van der Waals surface area contributed by atoms with Crippen molar-refractivity contribution in [1.82, 2.24) is 4.90 Å². The van der Waals surface area contributed by atoms with E-state index in [1.807, 2.05) is 12.1 Å². The van der Waals surface area contributed by atoms with Crippen molar-refractivity contribution in [1.29, 1.82) is 0 Å². The summed E-state index contributed by atoms with van der Waals surface area (Å²) in [6.07, 6.45) is 4.19. The van der Waals surface area contributed by atoms with E-state index < -0.39 is 11.7 Å². The van der Waals surface area contributed by atoms with Crippen LogP contribution in [0.1, 0.15) is 75.5 Å². The molecule has 2 amide bonds. The molecule has 6 heteroatoms. The molecule has 0 radical (unpaired) electrons. The molecule has 2 aromatic carbocycles. The topological polar surface area (TPSA) is 32.3 Å². The molecule has 0 unspecified atom stereocenters. The van der Waals surface area contributed by atoms with Crippen molar-refractivity contribution in [2.75, 3.05) is 11.9 Å². The number of halogens is 3. The first-order valence-electron chi connectivity index (χ1n) is 11.6. The Kier molecular flexibility index (Phi) is 10.6. The second-order valence-corrected chi connectivity index (χ2v) is 8.26. The van der Waals surface area contributed by atoms with Gasteiger partial charge in [-0.25, -0.2) is 4.79 Å². The number of benzene rings is 2. The van der Waals surface area contributed by atoms with Gasteiger partial charge in [0.05, 0.1) is 5.56 Å². The van der Waals surface area contributed by atoms with Crippen molar-refractivity contribution in [2.24, 2.45) is 0 Å². The van der Waals surface area contributed by atoms with Crippen LogP contribution in [0.4, 0.5) is 23.7 Å². The van der Waals surface area contributed by atoms with Crippen LogP contribution in [0.2, 0.25) is 0 Å². The lowest BCUT2D eigenvalue weighted by Gasteiger charge is -2.24. The van der Waals surface area contributed by atoms with Gasteiger partial charge in [0.2, 0.25) is 0 Å². The molecule has 0 fully saturated rings. The molecule has 0 bridgehead atoms. The second kappa shape index (κ2) is 13.1. The van der Waals surface area contributed by atoms with Crippen LogP contribution in [0.15, 0.2) is 48.5 Å². The summed E-state index contributed by atoms with van der Waals surface area (Å²) < 4.78 is 39.0. The summed E-state index contributed by atoms with van der Waals surface area (Å²) in [6.45, 7) is 5.30. The van der Waals surface area contributed by atoms with Crippen LogP contribution in [0, 0.1) is 0 Å². The molecular weight excluding hydrogens is 413 g/mol. The number of rotatable bonds is 12. The number of hydrogen-bond acceptors (Lipinski definition) is 1. The van der Waals surface area contributed by atoms with E-state index in [4.69, 9.17) is 0 Å². The van der Waals surface area contributed by atoms with E-state index in [-0.39, 0.29) is 11.7 Å². The van der Waals surface area contributed by atoms with E-state index in [0.29, 0.717) is 13.1 Å². The highest BCUT2D eigenvalue weighted by molar-refractivity contribution is 5.89. The third-order valence-corrected chi connectivity index (χ3v) is 5.48. The number of nitrogens with one attached hydrogen (secondary N) is 1. The van der Waals surface area contributed by atoms with Crippen LogP contribution >= 0.6 is 0 Å². The summed E-state index contributed by atoms with van der Waals surface area (Å²) in [5.74, 6) is 0. The van der Waals surface area contributed by atoms with Crippen LogP contribution in [0.5, 0.6) is 0 Å².